The minimum absolute atomic E-state index is 0.453. The number of benzene rings is 1. The van der Waals surface area contributed by atoms with Crippen molar-refractivity contribution in [3.05, 3.63) is 60.1 Å². The van der Waals surface area contributed by atoms with Crippen molar-refractivity contribution in [1.29, 1.82) is 0 Å². The van der Waals surface area contributed by atoms with Gasteiger partial charge in [-0.3, -0.25) is 0 Å². The number of hydrogen-bond acceptors (Lipinski definition) is 2. The van der Waals surface area contributed by atoms with Crippen LogP contribution in [0.1, 0.15) is 12.0 Å². The number of hydrogen-bond donors (Lipinski definition) is 0. The van der Waals surface area contributed by atoms with Crippen LogP contribution in [0.25, 0.3) is 0 Å². The molecule has 0 bridgehead atoms. The Hall–Kier alpha value is -1.41. The van der Waals surface area contributed by atoms with Crippen LogP contribution in [0.15, 0.2) is 54.6 Å². The lowest BCUT2D eigenvalue weighted by Gasteiger charge is -2.19. The van der Waals surface area contributed by atoms with Crippen molar-refractivity contribution in [1.82, 2.24) is 4.90 Å². The first-order valence-corrected chi connectivity index (χ1v) is 5.78. The highest BCUT2D eigenvalue weighted by atomic mass is 35.5. The summed E-state index contributed by atoms with van der Waals surface area (Å²) in [5.74, 6) is 0.951. The van der Waals surface area contributed by atoms with E-state index in [9.17, 15) is 0 Å². The lowest BCUT2D eigenvalue weighted by molar-refractivity contribution is 0.186. The van der Waals surface area contributed by atoms with E-state index < -0.39 is 0 Å². The molecule has 0 saturated carbocycles. The Morgan fingerprint density at radius 3 is 2.81 bits per heavy atom. The van der Waals surface area contributed by atoms with Crippen molar-refractivity contribution >= 4 is 11.6 Å². The number of rotatable bonds is 4. The molecule has 1 aliphatic rings. The lowest BCUT2D eigenvalue weighted by atomic mass is 10.2. The summed E-state index contributed by atoms with van der Waals surface area (Å²) in [7, 11) is 0. The van der Waals surface area contributed by atoms with Crippen molar-refractivity contribution in [2.24, 2.45) is 0 Å². The number of allylic oxidation sites excluding steroid dienone is 1. The third kappa shape index (κ3) is 3.04. The van der Waals surface area contributed by atoms with E-state index in [1.54, 1.807) is 0 Å². The molecule has 0 aromatic heterocycles. The Kier molecular flexibility index (Phi) is 3.89. The number of nitrogens with zero attached hydrogens (tertiary/aromatic N) is 1. The highest BCUT2D eigenvalue weighted by Crippen LogP contribution is 2.15. The lowest BCUT2D eigenvalue weighted by Crippen LogP contribution is -2.11. The standard InChI is InChI=1S/C13H14ClNO/c14-11-15-8-4-7-13(9-15)16-10-12-5-2-1-3-6-12/h1-6,8-9H,7,10-11H2. The van der Waals surface area contributed by atoms with E-state index in [1.165, 1.54) is 5.56 Å². The molecule has 2 nitrogen and oxygen atoms in total. The van der Waals surface area contributed by atoms with Gasteiger partial charge in [-0.05, 0) is 5.56 Å². The fourth-order valence-corrected chi connectivity index (χ4v) is 1.65. The van der Waals surface area contributed by atoms with Gasteiger partial charge in [-0.25, -0.2) is 0 Å². The first-order chi connectivity index (χ1) is 7.88. The Morgan fingerprint density at radius 2 is 2.06 bits per heavy atom. The molecule has 1 heterocycles. The molecule has 84 valence electrons. The summed E-state index contributed by atoms with van der Waals surface area (Å²) in [5, 5.41) is 0. The second-order valence-corrected chi connectivity index (χ2v) is 3.83. The summed E-state index contributed by atoms with van der Waals surface area (Å²) in [6, 6.07) is 10.6. The molecular formula is C13H14ClNO. The van der Waals surface area contributed by atoms with Crippen molar-refractivity contribution in [3.63, 3.8) is 0 Å². The van der Waals surface area contributed by atoms with Crippen LogP contribution in [0.2, 0.25) is 0 Å². The normalized spacial score (nSPS) is 14.8. The predicted octanol–water partition coefficient (Wildman–Crippen LogP) is 3.46. The van der Waals surface area contributed by atoms with Gasteiger partial charge in [0, 0.05) is 18.8 Å². The Morgan fingerprint density at radius 1 is 1.25 bits per heavy atom. The van der Waals surface area contributed by atoms with Crippen molar-refractivity contribution in [3.8, 4) is 0 Å². The Balaban J connectivity index is 1.89. The van der Waals surface area contributed by atoms with Crippen LogP contribution in [0.3, 0.4) is 0 Å². The van der Waals surface area contributed by atoms with Gasteiger partial charge >= 0.3 is 0 Å². The second kappa shape index (κ2) is 5.61. The molecule has 0 aliphatic carbocycles. The molecule has 0 amide bonds. The predicted molar refractivity (Wildman–Crippen MR) is 65.6 cm³/mol. The van der Waals surface area contributed by atoms with Crippen LogP contribution in [-0.4, -0.2) is 10.9 Å². The molecule has 0 N–H and O–H groups in total. The highest BCUT2D eigenvalue weighted by Gasteiger charge is 2.05. The van der Waals surface area contributed by atoms with Crippen LogP contribution >= 0.6 is 11.6 Å². The zero-order valence-corrected chi connectivity index (χ0v) is 9.73. The summed E-state index contributed by atoms with van der Waals surface area (Å²) in [6.45, 7) is 0.608. The van der Waals surface area contributed by atoms with E-state index >= 15 is 0 Å². The maximum atomic E-state index is 5.74. The fraction of sp³-hybridized carbons (Fsp3) is 0.231. The van der Waals surface area contributed by atoms with Crippen molar-refractivity contribution in [2.45, 2.75) is 13.0 Å². The van der Waals surface area contributed by atoms with Crippen LogP contribution < -0.4 is 0 Å². The largest absolute Gasteiger partial charge is 0.491 e. The number of alkyl halides is 1. The van der Waals surface area contributed by atoms with E-state index in [0.717, 1.165) is 12.2 Å². The molecule has 2 rings (SSSR count). The molecule has 3 heteroatoms. The van der Waals surface area contributed by atoms with Crippen LogP contribution in [0.5, 0.6) is 0 Å². The molecule has 1 aromatic carbocycles. The summed E-state index contributed by atoms with van der Waals surface area (Å²) in [4.78, 5) is 1.89. The molecule has 1 aliphatic heterocycles. The third-order valence-corrected chi connectivity index (χ3v) is 2.61. The van der Waals surface area contributed by atoms with Gasteiger partial charge in [0.1, 0.15) is 12.4 Å². The summed E-state index contributed by atoms with van der Waals surface area (Å²) < 4.78 is 5.71. The van der Waals surface area contributed by atoms with E-state index in [2.05, 4.69) is 12.1 Å². The molecule has 0 unspecified atom stereocenters. The quantitative estimate of drug-likeness (QED) is 0.585. The maximum Gasteiger partial charge on any atom is 0.116 e. The molecule has 0 spiro atoms. The van der Waals surface area contributed by atoms with Crippen molar-refractivity contribution in [2.75, 3.05) is 6.00 Å². The minimum atomic E-state index is 0.453. The van der Waals surface area contributed by atoms with Gasteiger partial charge in [0.05, 0.1) is 6.00 Å². The van der Waals surface area contributed by atoms with Gasteiger partial charge in [-0.1, -0.05) is 36.4 Å². The Labute approximate surface area is 101 Å². The van der Waals surface area contributed by atoms with Crippen LogP contribution in [0, 0.1) is 0 Å². The fourth-order valence-electron chi connectivity index (χ4n) is 1.51. The van der Waals surface area contributed by atoms with Crippen molar-refractivity contribution < 1.29 is 4.74 Å². The second-order valence-electron chi connectivity index (χ2n) is 3.59. The SMILES string of the molecule is ClCN1C=CCC(OCc2ccccc2)=C1. The molecular weight excluding hydrogens is 222 g/mol. The van der Waals surface area contributed by atoms with Crippen LogP contribution in [0.4, 0.5) is 0 Å². The monoisotopic (exact) mass is 235 g/mol. The smallest absolute Gasteiger partial charge is 0.116 e. The van der Waals surface area contributed by atoms with E-state index in [0.29, 0.717) is 12.6 Å². The topological polar surface area (TPSA) is 12.5 Å². The number of halogens is 1. The summed E-state index contributed by atoms with van der Waals surface area (Å²) >= 11 is 5.74. The van der Waals surface area contributed by atoms with Gasteiger partial charge in [-0.2, -0.15) is 0 Å². The minimum Gasteiger partial charge on any atom is -0.491 e. The third-order valence-electron chi connectivity index (χ3n) is 2.33. The summed E-state index contributed by atoms with van der Waals surface area (Å²) in [5.41, 5.74) is 1.18. The molecule has 0 atom stereocenters. The zero-order valence-electron chi connectivity index (χ0n) is 8.97. The zero-order chi connectivity index (χ0) is 11.2. The number of ether oxygens (including phenoxy) is 1. The Bertz CT molecular complexity index is 386. The van der Waals surface area contributed by atoms with E-state index in [1.807, 2.05) is 41.6 Å². The average Bonchev–Trinajstić information content (AvgIpc) is 2.38. The molecule has 0 fully saturated rings. The highest BCUT2D eigenvalue weighted by molar-refractivity contribution is 6.17. The van der Waals surface area contributed by atoms with Gasteiger partial charge in [0.15, 0.2) is 0 Å². The molecule has 0 radical (unpaired) electrons. The first kappa shape index (κ1) is 11.1. The van der Waals surface area contributed by atoms with Crippen LogP contribution in [-0.2, 0) is 11.3 Å². The van der Waals surface area contributed by atoms with E-state index in [4.69, 9.17) is 16.3 Å². The van der Waals surface area contributed by atoms with Gasteiger partial charge in [-0.15, -0.1) is 11.6 Å². The summed E-state index contributed by atoms with van der Waals surface area (Å²) in [6.07, 6.45) is 6.78. The van der Waals surface area contributed by atoms with Gasteiger partial charge in [0.25, 0.3) is 0 Å². The molecule has 0 saturated heterocycles. The maximum absolute atomic E-state index is 5.74. The molecule has 1 aromatic rings. The van der Waals surface area contributed by atoms with Gasteiger partial charge < -0.3 is 9.64 Å². The average molecular weight is 236 g/mol. The van der Waals surface area contributed by atoms with E-state index in [-0.39, 0.29) is 0 Å². The molecule has 16 heavy (non-hydrogen) atoms. The van der Waals surface area contributed by atoms with Gasteiger partial charge in [0.2, 0.25) is 0 Å². The first-order valence-electron chi connectivity index (χ1n) is 5.24.